The van der Waals surface area contributed by atoms with Crippen molar-refractivity contribution in [3.05, 3.63) is 48.5 Å². The Hall–Kier alpha value is -2.14. The molecule has 2 rings (SSSR count). The second-order valence-electron chi connectivity index (χ2n) is 4.86. The number of hydrogen-bond donors (Lipinski definition) is 1. The zero-order valence-corrected chi connectivity index (χ0v) is 14.4. The summed E-state index contributed by atoms with van der Waals surface area (Å²) in [5.74, 6) is 2.06. The molecule has 23 heavy (non-hydrogen) atoms. The summed E-state index contributed by atoms with van der Waals surface area (Å²) in [4.78, 5) is 13.4. The smallest absolute Gasteiger partial charge is 0.265 e. The van der Waals surface area contributed by atoms with Crippen molar-refractivity contribution in [2.45, 2.75) is 24.8 Å². The molecule has 0 saturated heterocycles. The minimum Gasteiger partial charge on any atom is -0.497 e. The van der Waals surface area contributed by atoms with E-state index in [9.17, 15) is 4.79 Å². The quantitative estimate of drug-likeness (QED) is 0.772. The van der Waals surface area contributed by atoms with Gasteiger partial charge < -0.3 is 14.8 Å². The van der Waals surface area contributed by atoms with Gasteiger partial charge in [-0.2, -0.15) is 0 Å². The van der Waals surface area contributed by atoms with E-state index >= 15 is 0 Å². The van der Waals surface area contributed by atoms with Crippen molar-refractivity contribution in [3.8, 4) is 11.5 Å². The Morgan fingerprint density at radius 1 is 1.17 bits per heavy atom. The number of carbonyl (C=O) groups excluding carboxylic acids is 1. The molecule has 0 saturated carbocycles. The SMILES string of the molecule is CCSc1ccccc1NC(=O)[C@@H](C)Oc1cccc(OC)c1. The van der Waals surface area contributed by atoms with Crippen LogP contribution in [-0.2, 0) is 4.79 Å². The van der Waals surface area contributed by atoms with E-state index < -0.39 is 6.10 Å². The van der Waals surface area contributed by atoms with Crippen LogP contribution in [0.3, 0.4) is 0 Å². The summed E-state index contributed by atoms with van der Waals surface area (Å²) in [5, 5.41) is 2.93. The molecule has 0 fully saturated rings. The fourth-order valence-electron chi connectivity index (χ4n) is 2.02. The van der Waals surface area contributed by atoms with Crippen molar-refractivity contribution < 1.29 is 14.3 Å². The number of rotatable bonds is 7. The number of methoxy groups -OCH3 is 1. The molecule has 2 aromatic carbocycles. The van der Waals surface area contributed by atoms with Crippen LogP contribution in [0.15, 0.2) is 53.4 Å². The lowest BCUT2D eigenvalue weighted by atomic mass is 10.3. The molecule has 0 unspecified atom stereocenters. The Balaban J connectivity index is 2.02. The summed E-state index contributed by atoms with van der Waals surface area (Å²) < 4.78 is 10.8. The van der Waals surface area contributed by atoms with Gasteiger partial charge in [-0.15, -0.1) is 11.8 Å². The highest BCUT2D eigenvalue weighted by Gasteiger charge is 2.16. The molecule has 0 aliphatic carbocycles. The molecule has 1 N–H and O–H groups in total. The maximum atomic E-state index is 12.4. The minimum absolute atomic E-state index is 0.183. The van der Waals surface area contributed by atoms with Crippen molar-refractivity contribution >= 4 is 23.4 Å². The second kappa shape index (κ2) is 8.48. The van der Waals surface area contributed by atoms with Gasteiger partial charge in [0.2, 0.25) is 0 Å². The molecule has 2 aromatic rings. The van der Waals surface area contributed by atoms with E-state index in [0.717, 1.165) is 16.3 Å². The third kappa shape index (κ3) is 4.93. The van der Waals surface area contributed by atoms with Crippen LogP contribution in [0.4, 0.5) is 5.69 Å². The van der Waals surface area contributed by atoms with Gasteiger partial charge in [0.05, 0.1) is 12.8 Å². The van der Waals surface area contributed by atoms with Gasteiger partial charge in [0.1, 0.15) is 11.5 Å². The summed E-state index contributed by atoms with van der Waals surface area (Å²) in [7, 11) is 1.59. The average molecular weight is 331 g/mol. The number of carbonyl (C=O) groups is 1. The van der Waals surface area contributed by atoms with E-state index in [1.54, 1.807) is 37.9 Å². The second-order valence-corrected chi connectivity index (χ2v) is 6.16. The number of nitrogens with one attached hydrogen (secondary N) is 1. The lowest BCUT2D eigenvalue weighted by molar-refractivity contribution is -0.122. The fourth-order valence-corrected chi connectivity index (χ4v) is 2.78. The molecule has 0 bridgehead atoms. The number of thioether (sulfide) groups is 1. The Kier molecular flexibility index (Phi) is 6.35. The minimum atomic E-state index is -0.609. The van der Waals surface area contributed by atoms with Crippen LogP contribution in [-0.4, -0.2) is 24.9 Å². The van der Waals surface area contributed by atoms with Gasteiger partial charge in [0.25, 0.3) is 5.91 Å². The molecule has 0 heterocycles. The predicted octanol–water partition coefficient (Wildman–Crippen LogP) is 4.21. The first-order chi connectivity index (χ1) is 11.1. The number of ether oxygens (including phenoxy) is 2. The lowest BCUT2D eigenvalue weighted by Crippen LogP contribution is -2.30. The highest BCUT2D eigenvalue weighted by Crippen LogP contribution is 2.27. The Morgan fingerprint density at radius 2 is 1.91 bits per heavy atom. The number of para-hydroxylation sites is 1. The van der Waals surface area contributed by atoms with Gasteiger partial charge in [0.15, 0.2) is 6.10 Å². The molecule has 1 atom stereocenters. The first-order valence-corrected chi connectivity index (χ1v) is 8.46. The summed E-state index contributed by atoms with van der Waals surface area (Å²) >= 11 is 1.69. The number of amides is 1. The van der Waals surface area contributed by atoms with Crippen LogP contribution in [0, 0.1) is 0 Å². The molecule has 0 aromatic heterocycles. The van der Waals surface area contributed by atoms with E-state index in [1.165, 1.54) is 0 Å². The molecule has 0 aliphatic heterocycles. The van der Waals surface area contributed by atoms with E-state index in [2.05, 4.69) is 12.2 Å². The summed E-state index contributed by atoms with van der Waals surface area (Å²) in [5.41, 5.74) is 0.811. The van der Waals surface area contributed by atoms with Crippen LogP contribution >= 0.6 is 11.8 Å². The summed E-state index contributed by atoms with van der Waals surface area (Å²) in [6.07, 6.45) is -0.609. The summed E-state index contributed by atoms with van der Waals surface area (Å²) in [6.45, 7) is 3.81. The zero-order chi connectivity index (χ0) is 16.7. The zero-order valence-electron chi connectivity index (χ0n) is 13.5. The van der Waals surface area contributed by atoms with Gasteiger partial charge >= 0.3 is 0 Å². The van der Waals surface area contributed by atoms with Crippen molar-refractivity contribution in [2.24, 2.45) is 0 Å². The molecular formula is C18H21NO3S. The topological polar surface area (TPSA) is 47.6 Å². The van der Waals surface area contributed by atoms with Crippen LogP contribution in [0.5, 0.6) is 11.5 Å². The molecule has 5 heteroatoms. The van der Waals surface area contributed by atoms with Crippen molar-refractivity contribution in [3.63, 3.8) is 0 Å². The molecule has 122 valence electrons. The van der Waals surface area contributed by atoms with Gasteiger partial charge in [-0.3, -0.25) is 4.79 Å². The van der Waals surface area contributed by atoms with Gasteiger partial charge in [-0.25, -0.2) is 0 Å². The Bertz CT molecular complexity index is 660. The Morgan fingerprint density at radius 3 is 2.65 bits per heavy atom. The van der Waals surface area contributed by atoms with Crippen LogP contribution in [0.25, 0.3) is 0 Å². The van der Waals surface area contributed by atoms with Crippen molar-refractivity contribution in [2.75, 3.05) is 18.2 Å². The molecule has 0 aliphatic rings. The monoisotopic (exact) mass is 331 g/mol. The molecule has 1 amide bonds. The van der Waals surface area contributed by atoms with Crippen LogP contribution in [0.2, 0.25) is 0 Å². The van der Waals surface area contributed by atoms with E-state index in [-0.39, 0.29) is 5.91 Å². The van der Waals surface area contributed by atoms with Gasteiger partial charge in [-0.05, 0) is 36.9 Å². The van der Waals surface area contributed by atoms with E-state index in [1.807, 2.05) is 36.4 Å². The highest BCUT2D eigenvalue weighted by atomic mass is 32.2. The molecular weight excluding hydrogens is 310 g/mol. The predicted molar refractivity (Wildman–Crippen MR) is 94.6 cm³/mol. The average Bonchev–Trinajstić information content (AvgIpc) is 2.57. The third-order valence-electron chi connectivity index (χ3n) is 3.17. The van der Waals surface area contributed by atoms with Crippen molar-refractivity contribution in [1.29, 1.82) is 0 Å². The van der Waals surface area contributed by atoms with Crippen LogP contribution < -0.4 is 14.8 Å². The van der Waals surface area contributed by atoms with Gasteiger partial charge in [-0.1, -0.05) is 25.1 Å². The third-order valence-corrected chi connectivity index (χ3v) is 4.12. The maximum Gasteiger partial charge on any atom is 0.265 e. The maximum absolute atomic E-state index is 12.4. The van der Waals surface area contributed by atoms with E-state index in [0.29, 0.717) is 11.5 Å². The van der Waals surface area contributed by atoms with Crippen LogP contribution in [0.1, 0.15) is 13.8 Å². The standard InChI is InChI=1S/C18H21NO3S/c1-4-23-17-11-6-5-10-16(17)19-18(20)13(2)22-15-9-7-8-14(12-15)21-3/h5-13H,4H2,1-3H3,(H,19,20)/t13-/m1/s1. The molecule has 4 nitrogen and oxygen atoms in total. The van der Waals surface area contributed by atoms with Gasteiger partial charge in [0, 0.05) is 11.0 Å². The molecule has 0 radical (unpaired) electrons. The first-order valence-electron chi connectivity index (χ1n) is 7.47. The number of benzene rings is 2. The molecule has 0 spiro atoms. The normalized spacial score (nSPS) is 11.6. The fraction of sp³-hybridized carbons (Fsp3) is 0.278. The first kappa shape index (κ1) is 17.2. The largest absolute Gasteiger partial charge is 0.497 e. The number of hydrogen-bond acceptors (Lipinski definition) is 4. The Labute approximate surface area is 141 Å². The number of anilines is 1. The lowest BCUT2D eigenvalue weighted by Gasteiger charge is -2.16. The summed E-state index contributed by atoms with van der Waals surface area (Å²) in [6, 6.07) is 15.0. The van der Waals surface area contributed by atoms with Crippen molar-refractivity contribution in [1.82, 2.24) is 0 Å². The highest BCUT2D eigenvalue weighted by molar-refractivity contribution is 7.99. The van der Waals surface area contributed by atoms with E-state index in [4.69, 9.17) is 9.47 Å².